The van der Waals surface area contributed by atoms with Crippen molar-refractivity contribution in [3.63, 3.8) is 0 Å². The molecule has 0 radical (unpaired) electrons. The molecule has 5 aliphatic rings. The summed E-state index contributed by atoms with van der Waals surface area (Å²) in [5.74, 6) is -0.579. The van der Waals surface area contributed by atoms with Gasteiger partial charge in [-0.2, -0.15) is 0 Å². The molecule has 0 bridgehead atoms. The molecule has 13 nitrogen and oxygen atoms in total. The summed E-state index contributed by atoms with van der Waals surface area (Å²) in [6.45, 7) is 6.43. The molecule has 13 heteroatoms. The van der Waals surface area contributed by atoms with E-state index < -0.39 is 35.2 Å². The predicted molar refractivity (Wildman–Crippen MR) is 232 cm³/mol. The number of esters is 1. The monoisotopic (exact) mass is 831 g/mol. The number of carbonyl (C=O) groups is 2. The number of aliphatic hydroxyl groups is 2. The van der Waals surface area contributed by atoms with E-state index in [0.29, 0.717) is 64.4 Å². The topological polar surface area (TPSA) is 185 Å². The summed E-state index contributed by atoms with van der Waals surface area (Å²) < 4.78 is 19.4. The van der Waals surface area contributed by atoms with Gasteiger partial charge in [-0.3, -0.25) is 9.59 Å². The number of aliphatic hydroxyl groups excluding tert-OH is 1. The Labute approximate surface area is 355 Å². The average Bonchev–Trinajstić information content (AvgIpc) is 3.41. The molecule has 5 rings (SSSR count). The summed E-state index contributed by atoms with van der Waals surface area (Å²) in [6, 6.07) is 0.0167. The van der Waals surface area contributed by atoms with Gasteiger partial charge in [0.2, 0.25) is 11.9 Å². The maximum atomic E-state index is 14.1. The molecule has 8 unspecified atom stereocenters. The van der Waals surface area contributed by atoms with Crippen molar-refractivity contribution in [2.45, 2.75) is 222 Å². The third-order valence-corrected chi connectivity index (χ3v) is 13.5. The fourth-order valence-electron chi connectivity index (χ4n) is 10.4. The van der Waals surface area contributed by atoms with E-state index in [4.69, 9.17) is 30.7 Å². The Morgan fingerprint density at radius 1 is 0.949 bits per heavy atom. The second-order valence-corrected chi connectivity index (χ2v) is 18.4. The van der Waals surface area contributed by atoms with Gasteiger partial charge < -0.3 is 51.0 Å². The van der Waals surface area contributed by atoms with E-state index in [9.17, 15) is 19.8 Å². The first-order valence-electron chi connectivity index (χ1n) is 24.0. The van der Waals surface area contributed by atoms with Gasteiger partial charge in [-0.15, -0.1) is 0 Å². The highest BCUT2D eigenvalue weighted by atomic mass is 16.6. The molecule has 8 atom stereocenters. The molecule has 7 N–H and O–H groups in total. The molecule has 1 amide bonds. The number of carbonyl (C=O) groups excluding carboxylic acids is 2. The molecule has 0 aromatic carbocycles. The van der Waals surface area contributed by atoms with Gasteiger partial charge in [-0.05, 0) is 97.1 Å². The molecule has 0 aromatic rings. The van der Waals surface area contributed by atoms with Crippen LogP contribution >= 0.6 is 0 Å². The number of nitrogens with zero attached hydrogens (tertiary/aromatic N) is 3. The van der Waals surface area contributed by atoms with Crippen LogP contribution in [0.5, 0.6) is 0 Å². The highest BCUT2D eigenvalue weighted by Gasteiger charge is 2.69. The SMILES string of the molecule is CCC1C=CCCC2(CC3CCC4(O)C(C(=O)OCCCCCCCCCCCCCCCCC(=O)N(CCCN)CC(O)CCN)C5(CCCC(C)O5)N=C(N2)N34)O1. The van der Waals surface area contributed by atoms with Crippen LogP contribution in [0, 0.1) is 5.92 Å². The molecule has 0 aliphatic carbocycles. The molecular formula is C46H82N6O7. The Bertz CT molecular complexity index is 1350. The third-order valence-electron chi connectivity index (χ3n) is 13.5. The van der Waals surface area contributed by atoms with Gasteiger partial charge in [0.15, 0.2) is 17.4 Å². The summed E-state index contributed by atoms with van der Waals surface area (Å²) in [4.78, 5) is 35.8. The highest BCUT2D eigenvalue weighted by Crippen LogP contribution is 2.54. The van der Waals surface area contributed by atoms with E-state index in [1.54, 1.807) is 4.90 Å². The van der Waals surface area contributed by atoms with Crippen LogP contribution in [0.2, 0.25) is 0 Å². The van der Waals surface area contributed by atoms with E-state index in [1.807, 2.05) is 11.8 Å². The van der Waals surface area contributed by atoms with Crippen molar-refractivity contribution >= 4 is 17.8 Å². The zero-order valence-electron chi connectivity index (χ0n) is 36.9. The van der Waals surface area contributed by atoms with E-state index in [1.165, 1.54) is 51.4 Å². The first kappa shape index (κ1) is 47.8. The normalized spacial score (nSPS) is 30.5. The fourth-order valence-corrected chi connectivity index (χ4v) is 10.4. The molecular weight excluding hydrogens is 749 g/mol. The van der Waals surface area contributed by atoms with Gasteiger partial charge in [0.25, 0.3) is 0 Å². The van der Waals surface area contributed by atoms with Crippen LogP contribution in [0.1, 0.15) is 181 Å². The third kappa shape index (κ3) is 13.1. The zero-order chi connectivity index (χ0) is 42.1. The van der Waals surface area contributed by atoms with Gasteiger partial charge >= 0.3 is 5.97 Å². The minimum absolute atomic E-state index is 0.0167. The van der Waals surface area contributed by atoms with Crippen LogP contribution in [0.25, 0.3) is 0 Å². The molecule has 59 heavy (non-hydrogen) atoms. The number of unbranched alkanes of at least 4 members (excludes halogenated alkanes) is 13. The molecule has 5 aliphatic heterocycles. The van der Waals surface area contributed by atoms with Gasteiger partial charge in [0.1, 0.15) is 5.72 Å². The minimum atomic E-state index is -1.43. The van der Waals surface area contributed by atoms with Crippen LogP contribution < -0.4 is 16.8 Å². The van der Waals surface area contributed by atoms with Crippen LogP contribution in [0.4, 0.5) is 0 Å². The summed E-state index contributed by atoms with van der Waals surface area (Å²) >= 11 is 0. The maximum absolute atomic E-state index is 14.1. The second-order valence-electron chi connectivity index (χ2n) is 18.4. The van der Waals surface area contributed by atoms with Crippen LogP contribution in [0.15, 0.2) is 17.1 Å². The number of nitrogens with one attached hydrogen (secondary N) is 1. The molecule has 5 heterocycles. The molecule has 3 fully saturated rings. The number of hydrogen-bond donors (Lipinski definition) is 5. The molecule has 338 valence electrons. The number of hydrogen-bond acceptors (Lipinski definition) is 12. The minimum Gasteiger partial charge on any atom is -0.465 e. The van der Waals surface area contributed by atoms with Gasteiger partial charge in [0.05, 0.1) is 24.9 Å². The molecule has 2 spiro atoms. The predicted octanol–water partition coefficient (Wildman–Crippen LogP) is 6.53. The number of guanidine groups is 1. The lowest BCUT2D eigenvalue weighted by molar-refractivity contribution is -0.243. The Morgan fingerprint density at radius 3 is 2.27 bits per heavy atom. The van der Waals surface area contributed by atoms with Crippen molar-refractivity contribution < 1.29 is 34.0 Å². The van der Waals surface area contributed by atoms with Crippen molar-refractivity contribution in [1.29, 1.82) is 0 Å². The average molecular weight is 831 g/mol. The number of nitrogens with two attached hydrogens (primary N) is 2. The Balaban J connectivity index is 0.946. The smallest absolute Gasteiger partial charge is 0.318 e. The summed E-state index contributed by atoms with van der Waals surface area (Å²) in [5, 5.41) is 26.3. The Hall–Kier alpha value is -2.29. The van der Waals surface area contributed by atoms with E-state index in [0.717, 1.165) is 89.9 Å². The maximum Gasteiger partial charge on any atom is 0.318 e. The zero-order valence-corrected chi connectivity index (χ0v) is 36.9. The van der Waals surface area contributed by atoms with Crippen molar-refractivity contribution in [3.05, 3.63) is 12.2 Å². The standard InChI is InChI=1S/C46H82N6O7/c1-3-39-23-17-18-27-44(59-39)34-37-25-29-46(56)41(45(28-20-22-36(2)58-45)50-43(49-44)52(37)46)42(55)57-33-19-15-13-11-9-7-5-4-6-8-10-12-14-16-24-40(54)51(32-21-30-47)35-38(53)26-31-48/h17,23,36-39,41,53,56H,3-16,18-22,24-35,47-48H2,1-2H3,(H,49,50). The fraction of sp³-hybridized carbons (Fsp3) is 0.891. The lowest BCUT2D eigenvalue weighted by atomic mass is 9.78. The lowest BCUT2D eigenvalue weighted by Crippen LogP contribution is -2.75. The van der Waals surface area contributed by atoms with E-state index >= 15 is 0 Å². The number of ether oxygens (including phenoxy) is 3. The lowest BCUT2D eigenvalue weighted by Gasteiger charge is -2.58. The van der Waals surface area contributed by atoms with Crippen LogP contribution in [0.3, 0.4) is 0 Å². The van der Waals surface area contributed by atoms with E-state index in [-0.39, 0.29) is 24.2 Å². The summed E-state index contributed by atoms with van der Waals surface area (Å²) in [5.41, 5.74) is 8.03. The van der Waals surface area contributed by atoms with E-state index in [2.05, 4.69) is 24.4 Å². The molecule has 0 saturated carbocycles. The van der Waals surface area contributed by atoms with Crippen LogP contribution in [-0.4, -0.2) is 112 Å². The van der Waals surface area contributed by atoms with Crippen molar-refractivity contribution in [2.75, 3.05) is 32.8 Å². The largest absolute Gasteiger partial charge is 0.465 e. The second kappa shape index (κ2) is 23.8. The summed E-state index contributed by atoms with van der Waals surface area (Å²) in [7, 11) is 0. The quantitative estimate of drug-likeness (QED) is 0.0363. The van der Waals surface area contributed by atoms with Gasteiger partial charge in [-0.25, -0.2) is 4.99 Å². The molecule has 3 saturated heterocycles. The number of allylic oxidation sites excluding steroid dienone is 1. The first-order chi connectivity index (χ1) is 28.6. The van der Waals surface area contributed by atoms with Crippen molar-refractivity contribution in [3.8, 4) is 0 Å². The Morgan fingerprint density at radius 2 is 1.63 bits per heavy atom. The van der Waals surface area contributed by atoms with Gasteiger partial charge in [0, 0.05) is 32.0 Å². The Kier molecular flexibility index (Phi) is 19.3. The number of amides is 1. The van der Waals surface area contributed by atoms with Crippen molar-refractivity contribution in [2.24, 2.45) is 22.4 Å². The molecule has 0 aromatic heterocycles. The van der Waals surface area contributed by atoms with Crippen LogP contribution in [-0.2, 0) is 23.8 Å². The number of aliphatic imine (C=N–C) groups is 1. The number of rotatable bonds is 26. The first-order valence-corrected chi connectivity index (χ1v) is 24.0. The summed E-state index contributed by atoms with van der Waals surface area (Å²) in [6.07, 6.45) is 28.5. The highest BCUT2D eigenvalue weighted by molar-refractivity contribution is 5.87. The van der Waals surface area contributed by atoms with Crippen molar-refractivity contribution in [1.82, 2.24) is 15.1 Å². The van der Waals surface area contributed by atoms with Gasteiger partial charge in [-0.1, -0.05) is 96.1 Å².